The maximum atomic E-state index is 12.5. The molecule has 1 unspecified atom stereocenters. The van der Waals surface area contributed by atoms with Crippen LogP contribution in [-0.4, -0.2) is 53.6 Å². The smallest absolute Gasteiger partial charge is 0.277 e. The predicted molar refractivity (Wildman–Crippen MR) is 111 cm³/mol. The molecule has 0 saturated heterocycles. The van der Waals surface area contributed by atoms with Crippen molar-refractivity contribution in [3.8, 4) is 5.75 Å². The summed E-state index contributed by atoms with van der Waals surface area (Å²) in [4.78, 5) is 26.9. The molecule has 29 heavy (non-hydrogen) atoms. The van der Waals surface area contributed by atoms with Gasteiger partial charge in [-0.05, 0) is 32.3 Å². The van der Waals surface area contributed by atoms with Gasteiger partial charge in [0.1, 0.15) is 11.3 Å². The number of amides is 1. The Morgan fingerprint density at radius 2 is 1.90 bits per heavy atom. The zero-order valence-electron chi connectivity index (χ0n) is 16.8. The van der Waals surface area contributed by atoms with Crippen LogP contribution in [-0.2, 0) is 11.3 Å². The van der Waals surface area contributed by atoms with E-state index in [9.17, 15) is 9.59 Å². The second kappa shape index (κ2) is 9.29. The van der Waals surface area contributed by atoms with Gasteiger partial charge in [0, 0.05) is 18.5 Å². The first kappa shape index (κ1) is 20.5. The van der Waals surface area contributed by atoms with Crippen LogP contribution in [0.4, 0.5) is 0 Å². The summed E-state index contributed by atoms with van der Waals surface area (Å²) in [5.74, 6) is 0.618. The molecular formula is C21H25N5O3. The molecule has 1 N–H and O–H groups in total. The summed E-state index contributed by atoms with van der Waals surface area (Å²) in [6, 6.07) is 14.7. The largest absolute Gasteiger partial charge is 0.496 e. The SMILES string of the molecule is COc1ccccc1C(CNC(=O)CCn1nnc2ccccc2c1=O)N(C)C. The van der Waals surface area contributed by atoms with Gasteiger partial charge in [-0.15, -0.1) is 5.10 Å². The molecule has 0 saturated carbocycles. The zero-order chi connectivity index (χ0) is 20.8. The van der Waals surface area contributed by atoms with Crippen LogP contribution in [0.15, 0.2) is 53.3 Å². The number of nitrogens with one attached hydrogen (secondary N) is 1. The second-order valence-corrected chi connectivity index (χ2v) is 6.91. The number of likely N-dealkylation sites (N-methyl/N-ethyl adjacent to an activating group) is 1. The third kappa shape index (κ3) is 4.78. The molecule has 0 spiro atoms. The second-order valence-electron chi connectivity index (χ2n) is 6.91. The fourth-order valence-corrected chi connectivity index (χ4v) is 3.19. The normalized spacial score (nSPS) is 12.1. The number of nitrogens with zero attached hydrogens (tertiary/aromatic N) is 4. The Kier molecular flexibility index (Phi) is 6.56. The van der Waals surface area contributed by atoms with Crippen molar-refractivity contribution in [2.45, 2.75) is 19.0 Å². The number of fused-ring (bicyclic) bond motifs is 1. The summed E-state index contributed by atoms with van der Waals surface area (Å²) in [5.41, 5.74) is 1.30. The molecule has 8 heteroatoms. The van der Waals surface area contributed by atoms with Gasteiger partial charge in [-0.1, -0.05) is 35.5 Å². The Balaban J connectivity index is 1.63. The van der Waals surface area contributed by atoms with E-state index in [1.54, 1.807) is 31.4 Å². The molecule has 0 radical (unpaired) electrons. The molecule has 1 atom stereocenters. The highest BCUT2D eigenvalue weighted by molar-refractivity contribution is 5.77. The Morgan fingerprint density at radius 3 is 2.66 bits per heavy atom. The highest BCUT2D eigenvalue weighted by Gasteiger charge is 2.19. The lowest BCUT2D eigenvalue weighted by molar-refractivity contribution is -0.121. The van der Waals surface area contributed by atoms with Gasteiger partial charge in [-0.3, -0.25) is 9.59 Å². The number of hydrogen-bond acceptors (Lipinski definition) is 6. The van der Waals surface area contributed by atoms with Crippen LogP contribution in [0.3, 0.4) is 0 Å². The standard InChI is InChI=1S/C21H25N5O3/c1-25(2)18(16-9-5-7-11-19(16)29-3)14-22-20(27)12-13-26-21(28)15-8-4-6-10-17(15)23-24-26/h4-11,18H,12-14H2,1-3H3,(H,22,27). The number of aryl methyl sites for hydroxylation is 1. The summed E-state index contributed by atoms with van der Waals surface area (Å²) < 4.78 is 6.67. The Morgan fingerprint density at radius 1 is 1.17 bits per heavy atom. The van der Waals surface area contributed by atoms with E-state index in [0.717, 1.165) is 11.3 Å². The highest BCUT2D eigenvalue weighted by Crippen LogP contribution is 2.27. The predicted octanol–water partition coefficient (Wildman–Crippen LogP) is 1.61. The number of benzene rings is 2. The first-order valence-electron chi connectivity index (χ1n) is 9.40. The molecule has 2 aromatic carbocycles. The molecule has 0 aliphatic rings. The van der Waals surface area contributed by atoms with Gasteiger partial charge < -0.3 is 15.0 Å². The van der Waals surface area contributed by atoms with E-state index in [-0.39, 0.29) is 30.5 Å². The van der Waals surface area contributed by atoms with Crippen molar-refractivity contribution in [1.29, 1.82) is 0 Å². The van der Waals surface area contributed by atoms with E-state index in [4.69, 9.17) is 4.74 Å². The number of ether oxygens (including phenoxy) is 1. The molecule has 3 rings (SSSR count). The number of carbonyl (C=O) groups excluding carboxylic acids is 1. The summed E-state index contributed by atoms with van der Waals surface area (Å²) in [6.45, 7) is 0.592. The van der Waals surface area contributed by atoms with Crippen LogP contribution in [0.5, 0.6) is 5.75 Å². The van der Waals surface area contributed by atoms with Crippen LogP contribution in [0, 0.1) is 0 Å². The third-order valence-electron chi connectivity index (χ3n) is 4.79. The van der Waals surface area contributed by atoms with Gasteiger partial charge in [0.05, 0.1) is 25.1 Å². The van der Waals surface area contributed by atoms with Crippen LogP contribution in [0.2, 0.25) is 0 Å². The Labute approximate surface area is 169 Å². The van der Waals surface area contributed by atoms with Crippen molar-refractivity contribution in [2.24, 2.45) is 0 Å². The van der Waals surface area contributed by atoms with E-state index in [0.29, 0.717) is 17.4 Å². The first-order chi connectivity index (χ1) is 14.0. The maximum Gasteiger partial charge on any atom is 0.277 e. The molecule has 1 aromatic heterocycles. The summed E-state index contributed by atoms with van der Waals surface area (Å²) in [6.07, 6.45) is 0.138. The van der Waals surface area contributed by atoms with Crippen molar-refractivity contribution in [3.63, 3.8) is 0 Å². The molecule has 1 amide bonds. The van der Waals surface area contributed by atoms with Crippen molar-refractivity contribution < 1.29 is 9.53 Å². The number of rotatable bonds is 8. The highest BCUT2D eigenvalue weighted by atomic mass is 16.5. The minimum Gasteiger partial charge on any atom is -0.496 e. The number of methoxy groups -OCH3 is 1. The minimum atomic E-state index is -0.247. The molecule has 0 fully saturated rings. The lowest BCUT2D eigenvalue weighted by Crippen LogP contribution is -2.35. The molecule has 0 bridgehead atoms. The minimum absolute atomic E-state index is 0.0433. The lowest BCUT2D eigenvalue weighted by atomic mass is 10.0. The van der Waals surface area contributed by atoms with Gasteiger partial charge in [-0.25, -0.2) is 4.68 Å². The van der Waals surface area contributed by atoms with Gasteiger partial charge in [0.15, 0.2) is 0 Å². The monoisotopic (exact) mass is 395 g/mol. The topological polar surface area (TPSA) is 89.3 Å². The number of para-hydroxylation sites is 1. The quantitative estimate of drug-likeness (QED) is 0.623. The Hall–Kier alpha value is -3.26. The van der Waals surface area contributed by atoms with E-state index in [1.165, 1.54) is 4.68 Å². The first-order valence-corrected chi connectivity index (χ1v) is 9.40. The average Bonchev–Trinajstić information content (AvgIpc) is 2.73. The number of hydrogen-bond donors (Lipinski definition) is 1. The van der Waals surface area contributed by atoms with Gasteiger partial charge >= 0.3 is 0 Å². The van der Waals surface area contributed by atoms with Crippen molar-refractivity contribution >= 4 is 16.8 Å². The van der Waals surface area contributed by atoms with Crippen molar-refractivity contribution in [1.82, 2.24) is 25.2 Å². The van der Waals surface area contributed by atoms with Crippen molar-refractivity contribution in [2.75, 3.05) is 27.7 Å². The van der Waals surface area contributed by atoms with Crippen LogP contribution >= 0.6 is 0 Å². The van der Waals surface area contributed by atoms with Gasteiger partial charge in [0.25, 0.3) is 5.56 Å². The van der Waals surface area contributed by atoms with Crippen molar-refractivity contribution in [3.05, 3.63) is 64.4 Å². The molecule has 1 heterocycles. The molecular weight excluding hydrogens is 370 g/mol. The zero-order valence-corrected chi connectivity index (χ0v) is 16.8. The van der Waals surface area contributed by atoms with E-state index in [2.05, 4.69) is 15.6 Å². The van der Waals surface area contributed by atoms with E-state index in [1.807, 2.05) is 43.3 Å². The third-order valence-corrected chi connectivity index (χ3v) is 4.79. The molecule has 3 aromatic rings. The molecule has 152 valence electrons. The lowest BCUT2D eigenvalue weighted by Gasteiger charge is -2.26. The fourth-order valence-electron chi connectivity index (χ4n) is 3.19. The summed E-state index contributed by atoms with van der Waals surface area (Å²) in [7, 11) is 5.54. The molecule has 0 aliphatic heterocycles. The van der Waals surface area contributed by atoms with Gasteiger partial charge in [0.2, 0.25) is 5.91 Å². The van der Waals surface area contributed by atoms with Crippen LogP contribution in [0.1, 0.15) is 18.0 Å². The number of carbonyl (C=O) groups is 1. The van der Waals surface area contributed by atoms with Crippen LogP contribution < -0.4 is 15.6 Å². The fraction of sp³-hybridized carbons (Fsp3) is 0.333. The summed E-state index contributed by atoms with van der Waals surface area (Å²) >= 11 is 0. The molecule has 0 aliphatic carbocycles. The van der Waals surface area contributed by atoms with Gasteiger partial charge in [-0.2, -0.15) is 0 Å². The maximum absolute atomic E-state index is 12.5. The van der Waals surface area contributed by atoms with E-state index < -0.39 is 0 Å². The number of aromatic nitrogens is 3. The summed E-state index contributed by atoms with van der Waals surface area (Å²) in [5, 5.41) is 11.4. The van der Waals surface area contributed by atoms with E-state index >= 15 is 0 Å². The van der Waals surface area contributed by atoms with Crippen LogP contribution in [0.25, 0.3) is 10.9 Å². The Bertz CT molecular complexity index is 1050. The molecule has 8 nitrogen and oxygen atoms in total. The average molecular weight is 395 g/mol.